The molecule has 0 unspecified atom stereocenters. The van der Waals surface area contributed by atoms with Gasteiger partial charge in [0.1, 0.15) is 5.82 Å². The van der Waals surface area contributed by atoms with E-state index in [2.05, 4.69) is 74.6 Å². The van der Waals surface area contributed by atoms with Crippen LogP contribution < -0.4 is 10.6 Å². The molecule has 0 aliphatic rings. The lowest BCUT2D eigenvalue weighted by Crippen LogP contribution is -2.10. The van der Waals surface area contributed by atoms with E-state index in [9.17, 15) is 0 Å². The van der Waals surface area contributed by atoms with Gasteiger partial charge in [-0.25, -0.2) is 4.98 Å². The third-order valence-electron chi connectivity index (χ3n) is 3.23. The maximum absolute atomic E-state index is 4.48. The molecule has 0 radical (unpaired) electrons. The van der Waals surface area contributed by atoms with Gasteiger partial charge in [-0.2, -0.15) is 4.98 Å². The van der Waals surface area contributed by atoms with E-state index in [0.29, 0.717) is 5.95 Å². The first-order valence-electron chi connectivity index (χ1n) is 7.25. The van der Waals surface area contributed by atoms with E-state index in [4.69, 9.17) is 0 Å². The van der Waals surface area contributed by atoms with Crippen LogP contribution >= 0.6 is 15.9 Å². The maximum atomic E-state index is 4.48. The highest BCUT2D eigenvalue weighted by Gasteiger charge is 2.05. The van der Waals surface area contributed by atoms with Crippen LogP contribution in [0.5, 0.6) is 0 Å². The Morgan fingerprint density at radius 2 is 1.95 bits per heavy atom. The van der Waals surface area contributed by atoms with Crippen LogP contribution in [0.4, 0.5) is 11.8 Å². The number of hydrogen-bond acceptors (Lipinski definition) is 4. The van der Waals surface area contributed by atoms with E-state index in [1.807, 2.05) is 0 Å². The fraction of sp³-hybridized carbons (Fsp3) is 0.375. The molecule has 2 N–H and O–H groups in total. The second-order valence-corrected chi connectivity index (χ2v) is 5.77. The molecule has 0 aliphatic carbocycles. The Labute approximate surface area is 134 Å². The van der Waals surface area contributed by atoms with Crippen molar-refractivity contribution in [2.45, 2.75) is 26.7 Å². The number of halogens is 1. The van der Waals surface area contributed by atoms with Gasteiger partial charge in [0, 0.05) is 19.3 Å². The molecule has 0 saturated carbocycles. The summed E-state index contributed by atoms with van der Waals surface area (Å²) in [6.07, 6.45) is 3.80. The van der Waals surface area contributed by atoms with Crippen LogP contribution in [-0.2, 0) is 6.42 Å². The zero-order chi connectivity index (χ0) is 15.1. The number of aryl methyl sites for hydroxylation is 1. The standard InChI is InChI=1S/C16H21BrN4/c1-3-9-19-16-20-11-14(17)15(21-16)18-10-8-13-7-5-4-6-12(13)2/h4-7,11H,3,8-10H2,1-2H3,(H2,18,19,20,21). The fourth-order valence-corrected chi connectivity index (χ4v) is 2.35. The van der Waals surface area contributed by atoms with Crippen molar-refractivity contribution < 1.29 is 0 Å². The van der Waals surface area contributed by atoms with Crippen molar-refractivity contribution in [1.29, 1.82) is 0 Å². The molecule has 0 saturated heterocycles. The minimum atomic E-state index is 0.665. The molecule has 0 aliphatic heterocycles. The topological polar surface area (TPSA) is 49.8 Å². The smallest absolute Gasteiger partial charge is 0.224 e. The Kier molecular flexibility index (Phi) is 5.99. The summed E-state index contributed by atoms with van der Waals surface area (Å²) in [6, 6.07) is 8.46. The second kappa shape index (κ2) is 7.98. The van der Waals surface area contributed by atoms with Crippen LogP contribution in [0.3, 0.4) is 0 Å². The minimum Gasteiger partial charge on any atom is -0.369 e. The van der Waals surface area contributed by atoms with Gasteiger partial charge in [-0.05, 0) is 46.8 Å². The van der Waals surface area contributed by atoms with E-state index < -0.39 is 0 Å². The van der Waals surface area contributed by atoms with Crippen molar-refractivity contribution in [3.63, 3.8) is 0 Å². The lowest BCUT2D eigenvalue weighted by Gasteiger charge is -2.10. The normalized spacial score (nSPS) is 10.4. The lowest BCUT2D eigenvalue weighted by atomic mass is 10.1. The molecule has 0 atom stereocenters. The summed E-state index contributed by atoms with van der Waals surface area (Å²) in [5.41, 5.74) is 2.69. The third-order valence-corrected chi connectivity index (χ3v) is 3.81. The maximum Gasteiger partial charge on any atom is 0.224 e. The van der Waals surface area contributed by atoms with Crippen molar-refractivity contribution in [3.8, 4) is 0 Å². The molecule has 5 heteroatoms. The van der Waals surface area contributed by atoms with Crippen molar-refractivity contribution in [1.82, 2.24) is 9.97 Å². The first-order chi connectivity index (χ1) is 10.2. The number of hydrogen-bond donors (Lipinski definition) is 2. The van der Waals surface area contributed by atoms with Gasteiger partial charge in [-0.3, -0.25) is 0 Å². The van der Waals surface area contributed by atoms with Gasteiger partial charge in [-0.1, -0.05) is 31.2 Å². The Morgan fingerprint density at radius 3 is 2.71 bits per heavy atom. The number of rotatable bonds is 7. The van der Waals surface area contributed by atoms with Crippen molar-refractivity contribution >= 4 is 27.7 Å². The second-order valence-electron chi connectivity index (χ2n) is 4.92. The molecule has 1 aromatic heterocycles. The van der Waals surface area contributed by atoms with Gasteiger partial charge in [0.05, 0.1) is 4.47 Å². The monoisotopic (exact) mass is 348 g/mol. The van der Waals surface area contributed by atoms with E-state index in [1.54, 1.807) is 6.20 Å². The predicted molar refractivity (Wildman–Crippen MR) is 91.9 cm³/mol. The van der Waals surface area contributed by atoms with E-state index in [0.717, 1.165) is 36.2 Å². The molecule has 2 rings (SSSR count). The van der Waals surface area contributed by atoms with Gasteiger partial charge < -0.3 is 10.6 Å². The number of nitrogens with zero attached hydrogens (tertiary/aromatic N) is 2. The summed E-state index contributed by atoms with van der Waals surface area (Å²) in [5, 5.41) is 6.56. The Hall–Kier alpha value is -1.62. The highest BCUT2D eigenvalue weighted by atomic mass is 79.9. The molecule has 1 aromatic carbocycles. The predicted octanol–water partition coefficient (Wildman–Crippen LogP) is 4.02. The number of benzene rings is 1. The van der Waals surface area contributed by atoms with E-state index >= 15 is 0 Å². The van der Waals surface area contributed by atoms with Crippen LogP contribution in [0.2, 0.25) is 0 Å². The molecule has 1 heterocycles. The molecule has 4 nitrogen and oxygen atoms in total. The van der Waals surface area contributed by atoms with Crippen LogP contribution in [0.15, 0.2) is 34.9 Å². The average molecular weight is 349 g/mol. The molecule has 0 amide bonds. The van der Waals surface area contributed by atoms with Crippen LogP contribution in [0, 0.1) is 6.92 Å². The number of aromatic nitrogens is 2. The molecule has 0 spiro atoms. The average Bonchev–Trinajstić information content (AvgIpc) is 2.49. The summed E-state index contributed by atoms with van der Waals surface area (Å²) in [6.45, 7) is 5.98. The van der Waals surface area contributed by atoms with Crippen LogP contribution in [-0.4, -0.2) is 23.1 Å². The van der Waals surface area contributed by atoms with E-state index in [-0.39, 0.29) is 0 Å². The summed E-state index contributed by atoms with van der Waals surface area (Å²) in [5.74, 6) is 1.50. The molecule has 21 heavy (non-hydrogen) atoms. The Balaban J connectivity index is 1.94. The zero-order valence-electron chi connectivity index (χ0n) is 12.5. The molecular weight excluding hydrogens is 328 g/mol. The quantitative estimate of drug-likeness (QED) is 0.793. The lowest BCUT2D eigenvalue weighted by molar-refractivity contribution is 0.943. The SMILES string of the molecule is CCCNc1ncc(Br)c(NCCc2ccccc2C)n1. The highest BCUT2D eigenvalue weighted by molar-refractivity contribution is 9.10. The number of nitrogens with one attached hydrogen (secondary N) is 2. The minimum absolute atomic E-state index is 0.665. The summed E-state index contributed by atoms with van der Waals surface area (Å²) >= 11 is 3.48. The summed E-state index contributed by atoms with van der Waals surface area (Å²) in [7, 11) is 0. The van der Waals surface area contributed by atoms with Crippen molar-refractivity contribution in [2.24, 2.45) is 0 Å². The molecule has 0 fully saturated rings. The molecule has 2 aromatic rings. The van der Waals surface area contributed by atoms with Gasteiger partial charge in [0.25, 0.3) is 0 Å². The Morgan fingerprint density at radius 1 is 1.14 bits per heavy atom. The first kappa shape index (κ1) is 15.8. The Bertz CT molecular complexity index is 586. The largest absolute Gasteiger partial charge is 0.369 e. The van der Waals surface area contributed by atoms with Gasteiger partial charge >= 0.3 is 0 Å². The van der Waals surface area contributed by atoms with Gasteiger partial charge in [-0.15, -0.1) is 0 Å². The fourth-order valence-electron chi connectivity index (χ4n) is 2.02. The van der Waals surface area contributed by atoms with Crippen molar-refractivity contribution in [2.75, 3.05) is 23.7 Å². The summed E-state index contributed by atoms with van der Waals surface area (Å²) < 4.78 is 0.884. The summed E-state index contributed by atoms with van der Waals surface area (Å²) in [4.78, 5) is 8.73. The number of anilines is 2. The highest BCUT2D eigenvalue weighted by Crippen LogP contribution is 2.20. The van der Waals surface area contributed by atoms with Gasteiger partial charge in [0.15, 0.2) is 0 Å². The third kappa shape index (κ3) is 4.70. The molecule has 112 valence electrons. The van der Waals surface area contributed by atoms with Crippen LogP contribution in [0.1, 0.15) is 24.5 Å². The molecular formula is C16H21BrN4. The van der Waals surface area contributed by atoms with Gasteiger partial charge in [0.2, 0.25) is 5.95 Å². The van der Waals surface area contributed by atoms with E-state index in [1.165, 1.54) is 11.1 Å². The first-order valence-corrected chi connectivity index (χ1v) is 8.04. The molecule has 0 bridgehead atoms. The zero-order valence-corrected chi connectivity index (χ0v) is 14.1. The van der Waals surface area contributed by atoms with Crippen molar-refractivity contribution in [3.05, 3.63) is 46.1 Å². The van der Waals surface area contributed by atoms with Crippen LogP contribution in [0.25, 0.3) is 0 Å².